The molecule has 20 heavy (non-hydrogen) atoms. The first-order chi connectivity index (χ1) is 9.54. The summed E-state index contributed by atoms with van der Waals surface area (Å²) in [5.41, 5.74) is 0.689. The Morgan fingerprint density at radius 2 is 2.10 bits per heavy atom. The molecule has 1 saturated heterocycles. The van der Waals surface area contributed by atoms with E-state index in [0.717, 1.165) is 32.4 Å². The number of halogens is 3. The Labute approximate surface area is 117 Å². The van der Waals surface area contributed by atoms with Crippen molar-refractivity contribution in [2.24, 2.45) is 0 Å². The molecule has 0 radical (unpaired) electrons. The molecule has 2 heterocycles. The van der Waals surface area contributed by atoms with E-state index in [1.165, 1.54) is 4.90 Å². The Morgan fingerprint density at radius 1 is 1.25 bits per heavy atom. The van der Waals surface area contributed by atoms with Gasteiger partial charge in [0.1, 0.15) is 0 Å². The van der Waals surface area contributed by atoms with Crippen LogP contribution >= 0.6 is 0 Å². The van der Waals surface area contributed by atoms with Gasteiger partial charge < -0.3 is 5.32 Å². The summed E-state index contributed by atoms with van der Waals surface area (Å²) in [7, 11) is 0. The summed E-state index contributed by atoms with van der Waals surface area (Å²) in [6.45, 7) is 1.06. The molecule has 1 N–H and O–H groups in total. The molecule has 2 rings (SSSR count). The summed E-state index contributed by atoms with van der Waals surface area (Å²) >= 11 is 0. The minimum atomic E-state index is -4.17. The van der Waals surface area contributed by atoms with Crippen LogP contribution in [0.4, 0.5) is 13.2 Å². The molecule has 1 atom stereocenters. The van der Waals surface area contributed by atoms with E-state index in [2.05, 4.69) is 10.3 Å². The monoisotopic (exact) mass is 287 g/mol. The number of hydrogen-bond donors (Lipinski definition) is 1. The van der Waals surface area contributed by atoms with Crippen molar-refractivity contribution in [3.63, 3.8) is 0 Å². The smallest absolute Gasteiger partial charge is 0.317 e. The molecule has 0 aliphatic carbocycles. The molecule has 0 aromatic carbocycles. The molecule has 1 aliphatic rings. The number of rotatable bonds is 4. The van der Waals surface area contributed by atoms with Gasteiger partial charge in [-0.25, -0.2) is 0 Å². The van der Waals surface area contributed by atoms with Crippen molar-refractivity contribution in [3.05, 3.63) is 30.1 Å². The predicted molar refractivity (Wildman–Crippen MR) is 71.2 cm³/mol. The second-order valence-corrected chi connectivity index (χ2v) is 5.18. The molecule has 0 spiro atoms. The van der Waals surface area contributed by atoms with Crippen molar-refractivity contribution >= 4 is 0 Å². The maximum atomic E-state index is 12.8. The fourth-order valence-electron chi connectivity index (χ4n) is 2.61. The normalized spacial score (nSPS) is 20.9. The van der Waals surface area contributed by atoms with Gasteiger partial charge in [-0.3, -0.25) is 9.88 Å². The Kier molecular flexibility index (Phi) is 5.37. The van der Waals surface area contributed by atoms with Crippen LogP contribution in [0, 0.1) is 0 Å². The van der Waals surface area contributed by atoms with E-state index in [-0.39, 0.29) is 12.6 Å². The lowest BCUT2D eigenvalue weighted by Gasteiger charge is -2.31. The van der Waals surface area contributed by atoms with Gasteiger partial charge in [0, 0.05) is 18.8 Å². The van der Waals surface area contributed by atoms with Crippen LogP contribution in [0.1, 0.15) is 25.0 Å². The predicted octanol–water partition coefficient (Wildman–Crippen LogP) is 2.59. The number of nitrogens with one attached hydrogen (secondary N) is 1. The van der Waals surface area contributed by atoms with Crippen LogP contribution in [-0.2, 0) is 6.54 Å². The summed E-state index contributed by atoms with van der Waals surface area (Å²) < 4.78 is 38.4. The van der Waals surface area contributed by atoms with Crippen molar-refractivity contribution in [2.75, 3.05) is 19.6 Å². The average molecular weight is 287 g/mol. The highest BCUT2D eigenvalue weighted by atomic mass is 19.4. The van der Waals surface area contributed by atoms with Crippen molar-refractivity contribution in [1.29, 1.82) is 0 Å². The highest BCUT2D eigenvalue weighted by molar-refractivity contribution is 5.03. The third-order valence-electron chi connectivity index (χ3n) is 3.54. The average Bonchev–Trinajstić information content (AvgIpc) is 2.66. The third-order valence-corrected chi connectivity index (χ3v) is 3.54. The summed E-state index contributed by atoms with van der Waals surface area (Å²) in [5.74, 6) is 0. The van der Waals surface area contributed by atoms with Crippen LogP contribution in [0.25, 0.3) is 0 Å². The molecular weight excluding hydrogens is 267 g/mol. The SMILES string of the molecule is FC(F)(F)CN(Cc1ccccn1)C1CCCNCC1. The van der Waals surface area contributed by atoms with Crippen molar-refractivity contribution < 1.29 is 13.2 Å². The summed E-state index contributed by atoms with van der Waals surface area (Å²) in [4.78, 5) is 5.67. The quantitative estimate of drug-likeness (QED) is 0.922. The number of nitrogens with zero attached hydrogens (tertiary/aromatic N) is 2. The van der Waals surface area contributed by atoms with Crippen LogP contribution in [-0.4, -0.2) is 41.7 Å². The van der Waals surface area contributed by atoms with E-state index >= 15 is 0 Å². The van der Waals surface area contributed by atoms with Gasteiger partial charge in [-0.05, 0) is 44.5 Å². The molecule has 112 valence electrons. The molecule has 1 fully saturated rings. The zero-order valence-corrected chi connectivity index (χ0v) is 11.4. The maximum Gasteiger partial charge on any atom is 0.401 e. The Balaban J connectivity index is 2.07. The largest absolute Gasteiger partial charge is 0.401 e. The second kappa shape index (κ2) is 7.04. The van der Waals surface area contributed by atoms with Crippen LogP contribution in [0.3, 0.4) is 0 Å². The zero-order valence-electron chi connectivity index (χ0n) is 11.4. The van der Waals surface area contributed by atoms with Gasteiger partial charge in [-0.1, -0.05) is 6.07 Å². The van der Waals surface area contributed by atoms with Gasteiger partial charge in [0.25, 0.3) is 0 Å². The first kappa shape index (κ1) is 15.3. The molecule has 1 aromatic rings. The lowest BCUT2D eigenvalue weighted by molar-refractivity contribution is -0.153. The number of hydrogen-bond acceptors (Lipinski definition) is 3. The molecule has 0 saturated carbocycles. The topological polar surface area (TPSA) is 28.2 Å². The molecular formula is C14H20F3N3. The Bertz CT molecular complexity index is 386. The fourth-order valence-corrected chi connectivity index (χ4v) is 2.61. The van der Waals surface area contributed by atoms with Crippen LogP contribution < -0.4 is 5.32 Å². The van der Waals surface area contributed by atoms with Gasteiger partial charge in [-0.2, -0.15) is 13.2 Å². The number of aromatic nitrogens is 1. The lowest BCUT2D eigenvalue weighted by Crippen LogP contribution is -2.41. The van der Waals surface area contributed by atoms with E-state index in [1.807, 2.05) is 6.07 Å². The molecule has 1 aliphatic heterocycles. The van der Waals surface area contributed by atoms with E-state index in [4.69, 9.17) is 0 Å². The first-order valence-electron chi connectivity index (χ1n) is 6.96. The van der Waals surface area contributed by atoms with Gasteiger partial charge >= 0.3 is 6.18 Å². The van der Waals surface area contributed by atoms with Gasteiger partial charge in [0.05, 0.1) is 12.2 Å². The lowest BCUT2D eigenvalue weighted by atomic mass is 10.1. The Hall–Kier alpha value is -1.14. The first-order valence-corrected chi connectivity index (χ1v) is 6.96. The molecule has 0 amide bonds. The van der Waals surface area contributed by atoms with E-state index < -0.39 is 12.7 Å². The van der Waals surface area contributed by atoms with Crippen molar-refractivity contribution in [2.45, 2.75) is 38.0 Å². The fraction of sp³-hybridized carbons (Fsp3) is 0.643. The molecule has 1 aromatic heterocycles. The minimum Gasteiger partial charge on any atom is -0.317 e. The molecule has 6 heteroatoms. The molecule has 0 bridgehead atoms. The van der Waals surface area contributed by atoms with Gasteiger partial charge in [0.15, 0.2) is 0 Å². The van der Waals surface area contributed by atoms with Crippen LogP contribution in [0.2, 0.25) is 0 Å². The number of pyridine rings is 1. The molecule has 3 nitrogen and oxygen atoms in total. The van der Waals surface area contributed by atoms with E-state index in [9.17, 15) is 13.2 Å². The molecule has 1 unspecified atom stereocenters. The highest BCUT2D eigenvalue weighted by Gasteiger charge is 2.34. The van der Waals surface area contributed by atoms with Crippen molar-refractivity contribution in [1.82, 2.24) is 15.2 Å². The standard InChI is InChI=1S/C14H20F3N3/c15-14(16,17)11-20(10-12-4-1-2-8-19-12)13-5-3-7-18-9-6-13/h1-2,4,8,13,18H,3,5-7,9-11H2. The maximum absolute atomic E-state index is 12.8. The summed E-state index contributed by atoms with van der Waals surface area (Å²) in [5, 5.41) is 3.24. The van der Waals surface area contributed by atoms with E-state index in [1.54, 1.807) is 18.3 Å². The minimum absolute atomic E-state index is 0.0337. The van der Waals surface area contributed by atoms with Gasteiger partial charge in [0.2, 0.25) is 0 Å². The van der Waals surface area contributed by atoms with Crippen molar-refractivity contribution in [3.8, 4) is 0 Å². The van der Waals surface area contributed by atoms with E-state index in [0.29, 0.717) is 5.69 Å². The zero-order chi connectivity index (χ0) is 14.4. The second-order valence-electron chi connectivity index (χ2n) is 5.18. The Morgan fingerprint density at radius 3 is 2.80 bits per heavy atom. The number of alkyl halides is 3. The van der Waals surface area contributed by atoms with Crippen LogP contribution in [0.5, 0.6) is 0 Å². The third kappa shape index (κ3) is 5.09. The highest BCUT2D eigenvalue weighted by Crippen LogP contribution is 2.23. The van der Waals surface area contributed by atoms with Crippen LogP contribution in [0.15, 0.2) is 24.4 Å². The summed E-state index contributed by atoms with van der Waals surface area (Å²) in [6, 6.07) is 5.32. The summed E-state index contributed by atoms with van der Waals surface area (Å²) in [6.07, 6.45) is -0.0790. The van der Waals surface area contributed by atoms with Gasteiger partial charge in [-0.15, -0.1) is 0 Å².